The van der Waals surface area contributed by atoms with E-state index in [1.54, 1.807) is 11.3 Å². The van der Waals surface area contributed by atoms with Crippen molar-refractivity contribution in [2.75, 3.05) is 32.1 Å². The number of aromatic nitrogens is 1. The fraction of sp³-hybridized carbons (Fsp3) is 0.280. The quantitative estimate of drug-likeness (QED) is 0.567. The molecule has 0 radical (unpaired) electrons. The summed E-state index contributed by atoms with van der Waals surface area (Å²) in [4.78, 5) is 19.6. The van der Waals surface area contributed by atoms with Gasteiger partial charge >= 0.3 is 0 Å². The molecule has 3 heterocycles. The van der Waals surface area contributed by atoms with E-state index in [1.807, 2.05) is 35.7 Å². The molecule has 1 aromatic heterocycles. The van der Waals surface area contributed by atoms with Gasteiger partial charge in [-0.3, -0.25) is 9.69 Å². The van der Waals surface area contributed by atoms with Gasteiger partial charge in [-0.2, -0.15) is 5.10 Å². The number of hydrogen-bond donors (Lipinski definition) is 1. The Balaban J connectivity index is 1.15. The Morgan fingerprint density at radius 3 is 2.53 bits per heavy atom. The highest BCUT2D eigenvalue weighted by atomic mass is 32.2. The summed E-state index contributed by atoms with van der Waals surface area (Å²) < 4.78 is 5.42. The molecule has 0 atom stereocenters. The summed E-state index contributed by atoms with van der Waals surface area (Å²) in [7, 11) is 0. The van der Waals surface area contributed by atoms with Gasteiger partial charge in [0.2, 0.25) is 5.91 Å². The third-order valence-corrected chi connectivity index (χ3v) is 7.38. The molecule has 1 saturated heterocycles. The molecule has 174 valence electrons. The number of amidine groups is 1. The number of nitrogens with zero attached hydrogens (tertiary/aromatic N) is 4. The van der Waals surface area contributed by atoms with Crippen molar-refractivity contribution < 1.29 is 9.53 Å². The lowest BCUT2D eigenvalue weighted by molar-refractivity contribution is -0.119. The Bertz CT molecular complexity index is 1190. The Morgan fingerprint density at radius 2 is 1.79 bits per heavy atom. The molecule has 3 aromatic rings. The molecule has 7 nitrogen and oxygen atoms in total. The van der Waals surface area contributed by atoms with Crippen molar-refractivity contribution in [1.29, 1.82) is 0 Å². The van der Waals surface area contributed by atoms with Crippen LogP contribution in [0.1, 0.15) is 16.8 Å². The molecule has 0 bridgehead atoms. The second-order valence-electron chi connectivity index (χ2n) is 8.06. The highest BCUT2D eigenvalue weighted by Gasteiger charge is 2.16. The maximum absolute atomic E-state index is 12.5. The largest absolute Gasteiger partial charge is 0.379 e. The molecule has 1 amide bonds. The number of nitrogens with one attached hydrogen (secondary N) is 1. The summed E-state index contributed by atoms with van der Waals surface area (Å²) >= 11 is 3.03. The van der Waals surface area contributed by atoms with Crippen LogP contribution >= 0.6 is 23.1 Å². The van der Waals surface area contributed by atoms with E-state index >= 15 is 0 Å². The average molecular weight is 492 g/mol. The van der Waals surface area contributed by atoms with Gasteiger partial charge in [0.25, 0.3) is 0 Å². The van der Waals surface area contributed by atoms with Gasteiger partial charge in [-0.05, 0) is 11.1 Å². The molecule has 1 N–H and O–H groups in total. The first-order chi connectivity index (χ1) is 16.7. The zero-order chi connectivity index (χ0) is 23.2. The highest BCUT2D eigenvalue weighted by Crippen LogP contribution is 2.25. The number of thiazole rings is 1. The molecule has 0 aliphatic carbocycles. The number of hydrogen-bond acceptors (Lipinski definition) is 8. The summed E-state index contributed by atoms with van der Waals surface area (Å²) in [6.45, 7) is 4.50. The minimum Gasteiger partial charge on any atom is -0.379 e. The molecular weight excluding hydrogens is 466 g/mol. The molecule has 0 unspecified atom stereocenters. The van der Waals surface area contributed by atoms with Crippen molar-refractivity contribution in [3.63, 3.8) is 0 Å². The molecule has 0 spiro atoms. The van der Waals surface area contributed by atoms with Gasteiger partial charge in [-0.1, -0.05) is 66.4 Å². The van der Waals surface area contributed by atoms with E-state index in [9.17, 15) is 4.79 Å². The van der Waals surface area contributed by atoms with Crippen LogP contribution in [0, 0.1) is 0 Å². The first kappa shape index (κ1) is 22.9. The third-order valence-electron chi connectivity index (χ3n) is 5.56. The highest BCUT2D eigenvalue weighted by molar-refractivity contribution is 8.14. The van der Waals surface area contributed by atoms with Crippen LogP contribution in [0.4, 0.5) is 0 Å². The monoisotopic (exact) mass is 491 g/mol. The van der Waals surface area contributed by atoms with E-state index in [0.29, 0.717) is 10.9 Å². The fourth-order valence-corrected chi connectivity index (χ4v) is 5.36. The normalized spacial score (nSPS) is 16.6. The number of ether oxygens (including phenoxy) is 1. The predicted molar refractivity (Wildman–Crippen MR) is 138 cm³/mol. The zero-order valence-electron chi connectivity index (χ0n) is 18.6. The van der Waals surface area contributed by atoms with Crippen molar-refractivity contribution in [1.82, 2.24) is 15.2 Å². The summed E-state index contributed by atoms with van der Waals surface area (Å²) in [5.41, 5.74) is 5.06. The maximum Gasteiger partial charge on any atom is 0.232 e. The van der Waals surface area contributed by atoms with Crippen LogP contribution in [0.2, 0.25) is 0 Å². The molecule has 0 saturated carbocycles. The second-order valence-corrected chi connectivity index (χ2v) is 9.88. The van der Waals surface area contributed by atoms with Crippen LogP contribution in [0.25, 0.3) is 10.6 Å². The van der Waals surface area contributed by atoms with E-state index in [2.05, 4.69) is 49.7 Å². The van der Waals surface area contributed by atoms with Gasteiger partial charge in [-0.25, -0.2) is 4.98 Å². The Morgan fingerprint density at radius 1 is 1.00 bits per heavy atom. The smallest absolute Gasteiger partial charge is 0.232 e. The first-order valence-corrected chi connectivity index (χ1v) is 13.1. The number of morpholine rings is 1. The summed E-state index contributed by atoms with van der Waals surface area (Å²) in [5.74, 6) is 0.535. The maximum atomic E-state index is 12.5. The van der Waals surface area contributed by atoms with Crippen LogP contribution in [-0.2, 0) is 22.5 Å². The van der Waals surface area contributed by atoms with Crippen LogP contribution in [0.3, 0.4) is 0 Å². The number of rotatable bonds is 6. The molecule has 34 heavy (non-hydrogen) atoms. The summed E-state index contributed by atoms with van der Waals surface area (Å²) in [5, 5.41) is 14.7. The van der Waals surface area contributed by atoms with E-state index < -0.39 is 0 Å². The van der Waals surface area contributed by atoms with Gasteiger partial charge in [-0.15, -0.1) is 16.4 Å². The van der Waals surface area contributed by atoms with Crippen molar-refractivity contribution in [3.05, 3.63) is 76.8 Å². The topological polar surface area (TPSA) is 79.2 Å². The molecule has 5 rings (SSSR count). The minimum absolute atomic E-state index is 0.137. The van der Waals surface area contributed by atoms with Gasteiger partial charge in [0, 0.05) is 36.3 Å². The van der Waals surface area contributed by atoms with Crippen LogP contribution in [0.5, 0.6) is 0 Å². The van der Waals surface area contributed by atoms with Gasteiger partial charge < -0.3 is 10.1 Å². The average Bonchev–Trinajstić information content (AvgIpc) is 3.34. The fourth-order valence-electron chi connectivity index (χ4n) is 3.75. The standard InChI is InChI=1S/C25H25N5O2S2/c31-23(27-25-29-28-22(17-34-25)19-4-2-1-3-5-19)14-21-16-33-24(26-21)20-8-6-18(7-9-20)15-30-10-12-32-13-11-30/h1-9,16H,10-15,17H2,(H,27,29,31). The van der Waals surface area contributed by atoms with E-state index in [4.69, 9.17) is 4.74 Å². The number of benzene rings is 2. The van der Waals surface area contributed by atoms with Crippen LogP contribution in [0.15, 0.2) is 70.2 Å². The van der Waals surface area contributed by atoms with Gasteiger partial charge in [0.1, 0.15) is 5.01 Å². The van der Waals surface area contributed by atoms with Crippen molar-refractivity contribution in [3.8, 4) is 10.6 Å². The Hall–Kier alpha value is -2.85. The number of carbonyl (C=O) groups excluding carboxylic acids is 1. The molecule has 2 aliphatic rings. The Kier molecular flexibility index (Phi) is 7.45. The zero-order valence-corrected chi connectivity index (χ0v) is 20.3. The van der Waals surface area contributed by atoms with Crippen LogP contribution < -0.4 is 5.32 Å². The van der Waals surface area contributed by atoms with E-state index in [1.165, 1.54) is 17.3 Å². The third kappa shape index (κ3) is 5.98. The molecular formula is C25H25N5O2S2. The lowest BCUT2D eigenvalue weighted by atomic mass is 10.1. The molecule has 2 aliphatic heterocycles. The van der Waals surface area contributed by atoms with Gasteiger partial charge in [0.05, 0.1) is 31.0 Å². The lowest BCUT2D eigenvalue weighted by Gasteiger charge is -2.26. The number of thioether (sulfide) groups is 1. The van der Waals surface area contributed by atoms with Crippen LogP contribution in [-0.4, -0.2) is 58.7 Å². The number of carbonyl (C=O) groups is 1. The molecule has 9 heteroatoms. The van der Waals surface area contributed by atoms with Crippen molar-refractivity contribution in [2.24, 2.45) is 10.2 Å². The lowest BCUT2D eigenvalue weighted by Crippen LogP contribution is -2.35. The first-order valence-electron chi connectivity index (χ1n) is 11.2. The Labute approximate surface area is 207 Å². The summed E-state index contributed by atoms with van der Waals surface area (Å²) in [6.07, 6.45) is 0.209. The second kappa shape index (κ2) is 11.1. The predicted octanol–water partition coefficient (Wildman–Crippen LogP) is 3.81. The number of amides is 1. The minimum atomic E-state index is -0.137. The van der Waals surface area contributed by atoms with Crippen molar-refractivity contribution >= 4 is 39.9 Å². The van der Waals surface area contributed by atoms with E-state index in [-0.39, 0.29) is 12.3 Å². The SMILES string of the molecule is O=C(Cc1csc(-c2ccc(CN3CCOCC3)cc2)n1)NC1=NN=C(c2ccccc2)CS1. The molecule has 2 aromatic carbocycles. The summed E-state index contributed by atoms with van der Waals surface area (Å²) in [6, 6.07) is 18.5. The van der Waals surface area contributed by atoms with Crippen molar-refractivity contribution in [2.45, 2.75) is 13.0 Å². The van der Waals surface area contributed by atoms with E-state index in [0.717, 1.165) is 60.4 Å². The van der Waals surface area contributed by atoms with Gasteiger partial charge in [0.15, 0.2) is 5.17 Å². The molecule has 1 fully saturated rings.